The summed E-state index contributed by atoms with van der Waals surface area (Å²) in [6.45, 7) is 3.80. The zero-order chi connectivity index (χ0) is 13.5. The van der Waals surface area contributed by atoms with E-state index in [0.717, 1.165) is 32.7 Å². The molecule has 3 heteroatoms. The fourth-order valence-corrected chi connectivity index (χ4v) is 2.59. The van der Waals surface area contributed by atoms with E-state index in [9.17, 15) is 0 Å². The summed E-state index contributed by atoms with van der Waals surface area (Å²) in [5.41, 5.74) is 2.84. The Kier molecular flexibility index (Phi) is 5.83. The van der Waals surface area contributed by atoms with E-state index in [4.69, 9.17) is 4.74 Å². The van der Waals surface area contributed by atoms with E-state index in [0.29, 0.717) is 6.04 Å². The SMILES string of the molecule is CN(C)Cc1ccccc1CNC1CCCOCC1. The first-order valence-corrected chi connectivity index (χ1v) is 7.28. The number of rotatable bonds is 5. The third kappa shape index (κ3) is 4.94. The van der Waals surface area contributed by atoms with Crippen LogP contribution in [0.4, 0.5) is 0 Å². The third-order valence-electron chi connectivity index (χ3n) is 3.64. The molecular weight excluding hydrogens is 236 g/mol. The Labute approximate surface area is 116 Å². The predicted molar refractivity (Wildman–Crippen MR) is 79.1 cm³/mol. The molecule has 0 radical (unpaired) electrons. The minimum atomic E-state index is 0.606. The van der Waals surface area contributed by atoms with Gasteiger partial charge in [-0.15, -0.1) is 0 Å². The fourth-order valence-electron chi connectivity index (χ4n) is 2.59. The van der Waals surface area contributed by atoms with Gasteiger partial charge in [0.15, 0.2) is 0 Å². The van der Waals surface area contributed by atoms with Crippen molar-refractivity contribution in [3.8, 4) is 0 Å². The van der Waals surface area contributed by atoms with Crippen molar-refractivity contribution in [3.63, 3.8) is 0 Å². The molecule has 1 aliphatic heterocycles. The van der Waals surface area contributed by atoms with Crippen molar-refractivity contribution in [2.45, 2.75) is 38.4 Å². The molecule has 106 valence electrons. The Balaban J connectivity index is 1.90. The molecule has 1 aliphatic rings. The number of ether oxygens (including phenoxy) is 1. The summed E-state index contributed by atoms with van der Waals surface area (Å²) >= 11 is 0. The molecule has 1 unspecified atom stereocenters. The molecule has 1 saturated heterocycles. The summed E-state index contributed by atoms with van der Waals surface area (Å²) in [5.74, 6) is 0. The van der Waals surface area contributed by atoms with Gasteiger partial charge in [0.05, 0.1) is 0 Å². The zero-order valence-electron chi connectivity index (χ0n) is 12.2. The first-order valence-electron chi connectivity index (χ1n) is 7.28. The second-order valence-corrected chi connectivity index (χ2v) is 5.63. The van der Waals surface area contributed by atoms with Gasteiger partial charge >= 0.3 is 0 Å². The molecule has 1 N–H and O–H groups in total. The van der Waals surface area contributed by atoms with Crippen LogP contribution in [-0.2, 0) is 17.8 Å². The normalized spacial score (nSPS) is 20.5. The van der Waals surface area contributed by atoms with E-state index in [2.05, 4.69) is 48.6 Å². The third-order valence-corrected chi connectivity index (χ3v) is 3.64. The summed E-state index contributed by atoms with van der Waals surface area (Å²) in [5, 5.41) is 3.69. The van der Waals surface area contributed by atoms with Crippen LogP contribution in [0.25, 0.3) is 0 Å². The summed E-state index contributed by atoms with van der Waals surface area (Å²) < 4.78 is 5.51. The highest BCUT2D eigenvalue weighted by Crippen LogP contribution is 2.13. The molecule has 1 fully saturated rings. The first-order chi connectivity index (χ1) is 9.25. The molecule has 0 bridgehead atoms. The van der Waals surface area contributed by atoms with Crippen molar-refractivity contribution < 1.29 is 4.74 Å². The molecule has 1 aromatic rings. The van der Waals surface area contributed by atoms with Crippen molar-refractivity contribution >= 4 is 0 Å². The molecule has 3 nitrogen and oxygen atoms in total. The van der Waals surface area contributed by atoms with E-state index in [-0.39, 0.29) is 0 Å². The highest BCUT2D eigenvalue weighted by Gasteiger charge is 2.12. The van der Waals surface area contributed by atoms with Crippen molar-refractivity contribution in [1.29, 1.82) is 0 Å². The van der Waals surface area contributed by atoms with Gasteiger partial charge in [-0.1, -0.05) is 24.3 Å². The van der Waals surface area contributed by atoms with Gasteiger partial charge in [0.25, 0.3) is 0 Å². The molecule has 1 heterocycles. The Morgan fingerprint density at radius 2 is 1.95 bits per heavy atom. The molecule has 1 atom stereocenters. The number of hydrogen-bond donors (Lipinski definition) is 1. The lowest BCUT2D eigenvalue weighted by Crippen LogP contribution is -2.29. The van der Waals surface area contributed by atoms with Gasteiger partial charge in [-0.3, -0.25) is 0 Å². The molecule has 0 saturated carbocycles. The van der Waals surface area contributed by atoms with Crippen molar-refractivity contribution in [3.05, 3.63) is 35.4 Å². The fraction of sp³-hybridized carbons (Fsp3) is 0.625. The van der Waals surface area contributed by atoms with Crippen LogP contribution in [0.15, 0.2) is 24.3 Å². The average Bonchev–Trinajstić information content (AvgIpc) is 2.65. The lowest BCUT2D eigenvalue weighted by molar-refractivity contribution is 0.142. The standard InChI is InChI=1S/C16H26N2O/c1-18(2)13-15-7-4-3-6-14(15)12-17-16-8-5-10-19-11-9-16/h3-4,6-7,16-17H,5,8-13H2,1-2H3. The molecule has 0 amide bonds. The van der Waals surface area contributed by atoms with Gasteiger partial charge in [-0.2, -0.15) is 0 Å². The summed E-state index contributed by atoms with van der Waals surface area (Å²) in [4.78, 5) is 2.22. The van der Waals surface area contributed by atoms with Gasteiger partial charge in [0, 0.05) is 32.3 Å². The Morgan fingerprint density at radius 3 is 2.74 bits per heavy atom. The van der Waals surface area contributed by atoms with Crippen LogP contribution in [0.2, 0.25) is 0 Å². The molecule has 0 aromatic heterocycles. The maximum absolute atomic E-state index is 5.51. The van der Waals surface area contributed by atoms with Crippen LogP contribution in [0, 0.1) is 0 Å². The van der Waals surface area contributed by atoms with Crippen molar-refractivity contribution in [1.82, 2.24) is 10.2 Å². The Morgan fingerprint density at radius 1 is 1.16 bits per heavy atom. The van der Waals surface area contributed by atoms with E-state index in [1.807, 2.05) is 0 Å². The second kappa shape index (κ2) is 7.63. The molecule has 1 aromatic carbocycles. The first kappa shape index (κ1) is 14.5. The maximum Gasteiger partial charge on any atom is 0.0480 e. The van der Waals surface area contributed by atoms with Crippen LogP contribution in [0.1, 0.15) is 30.4 Å². The van der Waals surface area contributed by atoms with E-state index >= 15 is 0 Å². The monoisotopic (exact) mass is 262 g/mol. The highest BCUT2D eigenvalue weighted by atomic mass is 16.5. The van der Waals surface area contributed by atoms with Crippen LogP contribution < -0.4 is 5.32 Å². The highest BCUT2D eigenvalue weighted by molar-refractivity contribution is 5.26. The largest absolute Gasteiger partial charge is 0.381 e. The number of benzene rings is 1. The minimum Gasteiger partial charge on any atom is -0.381 e. The lowest BCUT2D eigenvalue weighted by atomic mass is 10.1. The summed E-state index contributed by atoms with van der Waals surface area (Å²) in [6.07, 6.45) is 3.54. The zero-order valence-corrected chi connectivity index (χ0v) is 12.2. The van der Waals surface area contributed by atoms with Gasteiger partial charge < -0.3 is 15.0 Å². The molecule has 19 heavy (non-hydrogen) atoms. The van der Waals surface area contributed by atoms with Crippen LogP contribution in [-0.4, -0.2) is 38.3 Å². The van der Waals surface area contributed by atoms with Gasteiger partial charge in [0.1, 0.15) is 0 Å². The quantitative estimate of drug-likeness (QED) is 0.882. The number of hydrogen-bond acceptors (Lipinski definition) is 3. The molecule has 0 aliphatic carbocycles. The predicted octanol–water partition coefficient (Wildman–Crippen LogP) is 2.41. The summed E-state index contributed by atoms with van der Waals surface area (Å²) in [7, 11) is 4.24. The van der Waals surface area contributed by atoms with Crippen LogP contribution in [0.3, 0.4) is 0 Å². The minimum absolute atomic E-state index is 0.606. The summed E-state index contributed by atoms with van der Waals surface area (Å²) in [6, 6.07) is 9.33. The van der Waals surface area contributed by atoms with Gasteiger partial charge in [0.2, 0.25) is 0 Å². The number of nitrogens with one attached hydrogen (secondary N) is 1. The van der Waals surface area contributed by atoms with E-state index in [1.54, 1.807) is 0 Å². The Bertz CT molecular complexity index is 371. The molecule has 2 rings (SSSR count). The smallest absolute Gasteiger partial charge is 0.0480 e. The maximum atomic E-state index is 5.51. The van der Waals surface area contributed by atoms with Gasteiger partial charge in [-0.25, -0.2) is 0 Å². The number of nitrogens with zero attached hydrogens (tertiary/aromatic N) is 1. The molecular formula is C16H26N2O. The average molecular weight is 262 g/mol. The topological polar surface area (TPSA) is 24.5 Å². The Hall–Kier alpha value is -0.900. The van der Waals surface area contributed by atoms with E-state index in [1.165, 1.54) is 24.0 Å². The second-order valence-electron chi connectivity index (χ2n) is 5.63. The van der Waals surface area contributed by atoms with Crippen LogP contribution in [0.5, 0.6) is 0 Å². The van der Waals surface area contributed by atoms with Crippen LogP contribution >= 0.6 is 0 Å². The lowest BCUT2D eigenvalue weighted by Gasteiger charge is -2.18. The van der Waals surface area contributed by atoms with E-state index < -0.39 is 0 Å². The molecule has 0 spiro atoms. The van der Waals surface area contributed by atoms with Crippen molar-refractivity contribution in [2.75, 3.05) is 27.3 Å². The van der Waals surface area contributed by atoms with Crippen molar-refractivity contribution in [2.24, 2.45) is 0 Å². The van der Waals surface area contributed by atoms with Gasteiger partial charge in [-0.05, 0) is 44.5 Å².